The van der Waals surface area contributed by atoms with Gasteiger partial charge in [0.05, 0.1) is 0 Å². The average Bonchev–Trinajstić information content (AvgIpc) is 2.02. The third-order valence-electron chi connectivity index (χ3n) is 1.81. The van der Waals surface area contributed by atoms with E-state index in [1.807, 2.05) is 27.7 Å². The lowest BCUT2D eigenvalue weighted by atomic mass is 10.3. The molecule has 0 aliphatic rings. The molecule has 0 aliphatic heterocycles. The zero-order valence-electron chi connectivity index (χ0n) is 7.83. The summed E-state index contributed by atoms with van der Waals surface area (Å²) >= 11 is 0. The van der Waals surface area contributed by atoms with Gasteiger partial charge in [-0.2, -0.15) is 0 Å². The predicted molar refractivity (Wildman–Crippen MR) is 58.1 cm³/mol. The van der Waals surface area contributed by atoms with E-state index >= 15 is 0 Å². The first kappa shape index (κ1) is 15.1. The Morgan fingerprint density at radius 2 is 1.75 bits per heavy atom. The second kappa shape index (κ2) is 8.20. The summed E-state index contributed by atoms with van der Waals surface area (Å²) in [6.07, 6.45) is 1.98. The summed E-state index contributed by atoms with van der Waals surface area (Å²) in [4.78, 5) is 0. The van der Waals surface area contributed by atoms with E-state index in [9.17, 15) is 4.57 Å². The maximum Gasteiger partial charge on any atom is 0.511 e. The molecule has 0 heterocycles. The lowest BCUT2D eigenvalue weighted by Crippen LogP contribution is -2.04. The summed E-state index contributed by atoms with van der Waals surface area (Å²) in [5, 5.41) is 0. The fourth-order valence-electron chi connectivity index (χ4n) is 0.505. The highest BCUT2D eigenvalue weighted by Gasteiger charge is 2.27. The maximum atomic E-state index is 11.3. The van der Waals surface area contributed by atoms with Crippen LogP contribution in [-0.4, -0.2) is 29.1 Å². The molecule has 0 bridgehead atoms. The fourth-order valence-corrected chi connectivity index (χ4v) is 1.51. The van der Waals surface area contributed by atoms with Gasteiger partial charge < -0.3 is 0 Å². The molecule has 12 heavy (non-hydrogen) atoms. The van der Waals surface area contributed by atoms with Crippen molar-refractivity contribution in [2.45, 2.75) is 52.3 Å². The Kier molecular flexibility index (Phi) is 10.3. The zero-order chi connectivity index (χ0) is 8.85. The van der Waals surface area contributed by atoms with Crippen LogP contribution in [0.2, 0.25) is 0 Å². The van der Waals surface area contributed by atoms with Crippen molar-refractivity contribution >= 4 is 25.4 Å². The van der Waals surface area contributed by atoms with Crippen LogP contribution >= 0.6 is 8.03 Å². The molecule has 0 rings (SSSR count). The Balaban J connectivity index is 0. The third kappa shape index (κ3) is 6.15. The van der Waals surface area contributed by atoms with Gasteiger partial charge in [0, 0.05) is 0 Å². The van der Waals surface area contributed by atoms with Gasteiger partial charge in [0.1, 0.15) is 6.10 Å². The Morgan fingerprint density at radius 1 is 1.25 bits per heavy atom. The van der Waals surface area contributed by atoms with Crippen LogP contribution in [0.1, 0.15) is 40.5 Å². The summed E-state index contributed by atoms with van der Waals surface area (Å²) in [6.45, 7) is 7.97. The molecule has 3 atom stereocenters. The van der Waals surface area contributed by atoms with Crippen molar-refractivity contribution in [1.29, 1.82) is 0 Å². The molecular formula is C8H21AlO2P+. The maximum absolute atomic E-state index is 11.3. The normalized spacial score (nSPS) is 16.2. The van der Waals surface area contributed by atoms with Crippen LogP contribution in [0.4, 0.5) is 0 Å². The van der Waals surface area contributed by atoms with Crippen molar-refractivity contribution in [3.63, 3.8) is 0 Å². The molecule has 0 fully saturated rings. The molecule has 0 aliphatic carbocycles. The minimum atomic E-state index is -1.44. The van der Waals surface area contributed by atoms with Gasteiger partial charge in [-0.3, -0.25) is 0 Å². The standard InChI is InChI=1S/C8H18O2P.Al.3H/c1-5-7(3)10-11(9)8(4)6-2;;;;/h7-8H,5-6H2,1-4H3;;;;/q+1;;;;. The van der Waals surface area contributed by atoms with E-state index < -0.39 is 8.03 Å². The predicted octanol–water partition coefficient (Wildman–Crippen LogP) is 2.16. The summed E-state index contributed by atoms with van der Waals surface area (Å²) in [5.74, 6) is 0. The molecule has 0 saturated carbocycles. The van der Waals surface area contributed by atoms with E-state index in [0.29, 0.717) is 0 Å². The van der Waals surface area contributed by atoms with Crippen LogP contribution < -0.4 is 0 Å². The second-order valence-electron chi connectivity index (χ2n) is 2.87. The molecule has 4 heteroatoms. The molecule has 0 aromatic rings. The Morgan fingerprint density at radius 3 is 2.08 bits per heavy atom. The van der Waals surface area contributed by atoms with Gasteiger partial charge in [-0.05, 0) is 31.3 Å². The van der Waals surface area contributed by atoms with Gasteiger partial charge in [0.15, 0.2) is 23.0 Å². The van der Waals surface area contributed by atoms with Crippen molar-refractivity contribution in [2.24, 2.45) is 0 Å². The van der Waals surface area contributed by atoms with Gasteiger partial charge in [-0.25, -0.2) is 0 Å². The third-order valence-corrected chi connectivity index (χ3v) is 3.46. The topological polar surface area (TPSA) is 26.3 Å². The summed E-state index contributed by atoms with van der Waals surface area (Å²) in [7, 11) is -1.44. The first-order valence-corrected chi connectivity index (χ1v) is 5.49. The molecule has 0 radical (unpaired) electrons. The van der Waals surface area contributed by atoms with E-state index in [2.05, 4.69) is 0 Å². The smallest absolute Gasteiger partial charge is 0.143 e. The summed E-state index contributed by atoms with van der Waals surface area (Å²) in [5.41, 5.74) is 0.194. The second-order valence-corrected chi connectivity index (χ2v) is 4.53. The quantitative estimate of drug-likeness (QED) is 0.510. The Hall–Kier alpha value is 0.592. The van der Waals surface area contributed by atoms with Gasteiger partial charge in [-0.15, -0.1) is 4.52 Å². The molecule has 0 aromatic heterocycles. The molecule has 0 spiro atoms. The minimum absolute atomic E-state index is 0. The molecule has 3 unspecified atom stereocenters. The van der Waals surface area contributed by atoms with Gasteiger partial charge in [0.2, 0.25) is 0 Å². The average molecular weight is 207 g/mol. The lowest BCUT2D eigenvalue weighted by molar-refractivity contribution is 0.227. The first-order valence-electron chi connectivity index (χ1n) is 4.24. The van der Waals surface area contributed by atoms with Crippen molar-refractivity contribution in [3.8, 4) is 0 Å². The Labute approximate surface area is 87.1 Å². The van der Waals surface area contributed by atoms with Crippen molar-refractivity contribution < 1.29 is 9.09 Å². The van der Waals surface area contributed by atoms with Crippen molar-refractivity contribution in [1.82, 2.24) is 0 Å². The molecule has 0 aromatic carbocycles. The number of hydrogen-bond donors (Lipinski definition) is 0. The molecular weight excluding hydrogens is 186 g/mol. The van der Waals surface area contributed by atoms with E-state index in [0.717, 1.165) is 12.8 Å². The van der Waals surface area contributed by atoms with Crippen molar-refractivity contribution in [3.05, 3.63) is 0 Å². The Bertz CT molecular complexity index is 130. The highest BCUT2D eigenvalue weighted by molar-refractivity contribution is 7.40. The number of rotatable bonds is 5. The highest BCUT2D eigenvalue weighted by Crippen LogP contribution is 2.33. The lowest BCUT2D eigenvalue weighted by Gasteiger charge is -2.00. The summed E-state index contributed by atoms with van der Waals surface area (Å²) < 4.78 is 16.5. The molecule has 72 valence electrons. The van der Waals surface area contributed by atoms with Crippen LogP contribution in [0.5, 0.6) is 0 Å². The van der Waals surface area contributed by atoms with E-state index in [-0.39, 0.29) is 29.1 Å². The monoisotopic (exact) mass is 207 g/mol. The molecule has 0 N–H and O–H groups in total. The SMILES string of the molecule is CCC(C)O[P+](=O)C(C)CC.[AlH3]. The van der Waals surface area contributed by atoms with E-state index in [1.165, 1.54) is 0 Å². The summed E-state index contributed by atoms with van der Waals surface area (Å²) in [6, 6.07) is 0. The molecule has 2 nitrogen and oxygen atoms in total. The van der Waals surface area contributed by atoms with Crippen molar-refractivity contribution in [2.75, 3.05) is 0 Å². The highest BCUT2D eigenvalue weighted by atomic mass is 31.1. The van der Waals surface area contributed by atoms with Gasteiger partial charge in [0.25, 0.3) is 0 Å². The first-order chi connectivity index (χ1) is 5.11. The van der Waals surface area contributed by atoms with Gasteiger partial charge in [-0.1, -0.05) is 13.8 Å². The largest absolute Gasteiger partial charge is 0.511 e. The fraction of sp³-hybridized carbons (Fsp3) is 1.00. The van der Waals surface area contributed by atoms with Crippen LogP contribution in [0.15, 0.2) is 0 Å². The van der Waals surface area contributed by atoms with Crippen LogP contribution in [0, 0.1) is 0 Å². The van der Waals surface area contributed by atoms with Gasteiger partial charge >= 0.3 is 8.03 Å². The van der Waals surface area contributed by atoms with Crippen LogP contribution in [-0.2, 0) is 9.09 Å². The molecule has 0 saturated heterocycles. The molecule has 0 amide bonds. The van der Waals surface area contributed by atoms with Crippen LogP contribution in [0.3, 0.4) is 0 Å². The minimum Gasteiger partial charge on any atom is -0.143 e. The number of hydrogen-bond acceptors (Lipinski definition) is 2. The van der Waals surface area contributed by atoms with E-state index in [1.54, 1.807) is 0 Å². The zero-order valence-corrected chi connectivity index (χ0v) is 8.73. The van der Waals surface area contributed by atoms with E-state index in [4.69, 9.17) is 4.52 Å². The van der Waals surface area contributed by atoms with Crippen LogP contribution in [0.25, 0.3) is 0 Å².